The standard InChI is InChI=1S/C12H24N2S/c1-9-4-6-11(7-5-9)14(3)10(2)8-12(13)15/h9-11H,4-8H2,1-3H3,(H2,13,15). The maximum absolute atomic E-state index is 5.59. The fourth-order valence-electron chi connectivity index (χ4n) is 2.44. The normalized spacial score (nSPS) is 29.1. The lowest BCUT2D eigenvalue weighted by Crippen LogP contribution is -2.42. The number of rotatable bonds is 4. The first-order valence-corrected chi connectivity index (χ1v) is 6.41. The van der Waals surface area contributed by atoms with Crippen LogP contribution in [0.25, 0.3) is 0 Å². The first-order valence-electron chi connectivity index (χ1n) is 6.01. The minimum atomic E-state index is 0.487. The van der Waals surface area contributed by atoms with Crippen molar-refractivity contribution < 1.29 is 0 Å². The van der Waals surface area contributed by atoms with Gasteiger partial charge in [0.1, 0.15) is 0 Å². The van der Waals surface area contributed by atoms with Gasteiger partial charge in [-0.2, -0.15) is 0 Å². The maximum atomic E-state index is 5.59. The van der Waals surface area contributed by atoms with E-state index in [1.165, 1.54) is 25.7 Å². The molecule has 2 nitrogen and oxygen atoms in total. The lowest BCUT2D eigenvalue weighted by atomic mass is 9.86. The topological polar surface area (TPSA) is 29.3 Å². The summed E-state index contributed by atoms with van der Waals surface area (Å²) in [6, 6.07) is 1.23. The van der Waals surface area contributed by atoms with Gasteiger partial charge >= 0.3 is 0 Å². The van der Waals surface area contributed by atoms with Crippen LogP contribution in [0.15, 0.2) is 0 Å². The van der Waals surface area contributed by atoms with Crippen LogP contribution < -0.4 is 5.73 Å². The van der Waals surface area contributed by atoms with Gasteiger partial charge in [-0.15, -0.1) is 0 Å². The molecule has 1 aliphatic carbocycles. The highest BCUT2D eigenvalue weighted by molar-refractivity contribution is 7.80. The fourth-order valence-corrected chi connectivity index (χ4v) is 2.69. The first kappa shape index (κ1) is 12.9. The minimum absolute atomic E-state index is 0.487. The van der Waals surface area contributed by atoms with Crippen molar-refractivity contribution >= 4 is 17.2 Å². The summed E-state index contributed by atoms with van der Waals surface area (Å²) in [5, 5.41) is 0. The fraction of sp³-hybridized carbons (Fsp3) is 0.917. The molecule has 1 saturated carbocycles. The highest BCUT2D eigenvalue weighted by Crippen LogP contribution is 2.27. The van der Waals surface area contributed by atoms with Crippen molar-refractivity contribution in [3.8, 4) is 0 Å². The Morgan fingerprint density at radius 1 is 1.40 bits per heavy atom. The predicted molar refractivity (Wildman–Crippen MR) is 70.0 cm³/mol. The second kappa shape index (κ2) is 5.80. The van der Waals surface area contributed by atoms with Crippen molar-refractivity contribution in [1.82, 2.24) is 4.90 Å². The SMILES string of the molecule is CC1CCC(N(C)C(C)CC(N)=S)CC1. The van der Waals surface area contributed by atoms with Crippen molar-refractivity contribution in [3.63, 3.8) is 0 Å². The van der Waals surface area contributed by atoms with Gasteiger partial charge in [-0.1, -0.05) is 19.1 Å². The number of hydrogen-bond acceptors (Lipinski definition) is 2. The van der Waals surface area contributed by atoms with E-state index in [4.69, 9.17) is 18.0 Å². The average Bonchev–Trinajstić information content (AvgIpc) is 2.17. The highest BCUT2D eigenvalue weighted by Gasteiger charge is 2.24. The molecule has 1 rings (SSSR count). The molecule has 0 bridgehead atoms. The van der Waals surface area contributed by atoms with E-state index in [-0.39, 0.29) is 0 Å². The molecule has 1 unspecified atom stereocenters. The molecular weight excluding hydrogens is 204 g/mol. The van der Waals surface area contributed by atoms with E-state index in [9.17, 15) is 0 Å². The van der Waals surface area contributed by atoms with Gasteiger partial charge < -0.3 is 10.6 Å². The van der Waals surface area contributed by atoms with E-state index >= 15 is 0 Å². The molecule has 0 spiro atoms. The summed E-state index contributed by atoms with van der Waals surface area (Å²) in [5.74, 6) is 0.917. The van der Waals surface area contributed by atoms with Crippen molar-refractivity contribution in [2.75, 3.05) is 7.05 Å². The van der Waals surface area contributed by atoms with Gasteiger partial charge in [0.25, 0.3) is 0 Å². The molecule has 3 heteroatoms. The molecule has 88 valence electrons. The third-order valence-corrected chi connectivity index (χ3v) is 3.92. The second-order valence-electron chi connectivity index (χ2n) is 5.10. The minimum Gasteiger partial charge on any atom is -0.393 e. The Morgan fingerprint density at radius 3 is 2.40 bits per heavy atom. The molecule has 1 fully saturated rings. The second-order valence-corrected chi connectivity index (χ2v) is 5.62. The third kappa shape index (κ3) is 4.07. The van der Waals surface area contributed by atoms with Crippen LogP contribution in [-0.2, 0) is 0 Å². The molecule has 1 atom stereocenters. The van der Waals surface area contributed by atoms with E-state index in [0.717, 1.165) is 18.4 Å². The Balaban J connectivity index is 2.38. The average molecular weight is 228 g/mol. The zero-order valence-electron chi connectivity index (χ0n) is 10.2. The van der Waals surface area contributed by atoms with Gasteiger partial charge in [-0.25, -0.2) is 0 Å². The maximum Gasteiger partial charge on any atom is 0.0742 e. The molecule has 0 aromatic heterocycles. The molecule has 2 N–H and O–H groups in total. The molecule has 0 aromatic carbocycles. The molecule has 0 heterocycles. The van der Waals surface area contributed by atoms with Crippen LogP contribution >= 0.6 is 12.2 Å². The van der Waals surface area contributed by atoms with Crippen LogP contribution in [0.2, 0.25) is 0 Å². The van der Waals surface area contributed by atoms with Crippen molar-refractivity contribution in [1.29, 1.82) is 0 Å². The van der Waals surface area contributed by atoms with Gasteiger partial charge in [0, 0.05) is 18.5 Å². The molecule has 0 aromatic rings. The van der Waals surface area contributed by atoms with Gasteiger partial charge in [-0.05, 0) is 45.6 Å². The summed E-state index contributed by atoms with van der Waals surface area (Å²) < 4.78 is 0. The van der Waals surface area contributed by atoms with Crippen LogP contribution in [0.1, 0.15) is 46.0 Å². The molecular formula is C12H24N2S. The number of hydrogen-bond donors (Lipinski definition) is 1. The largest absolute Gasteiger partial charge is 0.393 e. The number of nitrogens with two attached hydrogens (primary N) is 1. The van der Waals surface area contributed by atoms with E-state index < -0.39 is 0 Å². The number of nitrogens with zero attached hydrogens (tertiary/aromatic N) is 1. The molecule has 0 saturated heterocycles. The summed E-state index contributed by atoms with van der Waals surface area (Å²) in [7, 11) is 2.21. The van der Waals surface area contributed by atoms with Crippen LogP contribution in [0.4, 0.5) is 0 Å². The van der Waals surface area contributed by atoms with Gasteiger partial charge in [0.2, 0.25) is 0 Å². The van der Waals surface area contributed by atoms with Gasteiger partial charge in [-0.3, -0.25) is 0 Å². The lowest BCUT2D eigenvalue weighted by molar-refractivity contribution is 0.134. The molecule has 0 aliphatic heterocycles. The summed E-state index contributed by atoms with van der Waals surface area (Å²) in [6.45, 7) is 4.58. The highest BCUT2D eigenvalue weighted by atomic mass is 32.1. The van der Waals surface area contributed by atoms with E-state index in [1.807, 2.05) is 0 Å². The van der Waals surface area contributed by atoms with Gasteiger partial charge in [0.15, 0.2) is 0 Å². The predicted octanol–water partition coefficient (Wildman–Crippen LogP) is 2.56. The molecule has 1 aliphatic rings. The van der Waals surface area contributed by atoms with E-state index in [0.29, 0.717) is 11.0 Å². The van der Waals surface area contributed by atoms with Crippen LogP contribution in [0.3, 0.4) is 0 Å². The van der Waals surface area contributed by atoms with Crippen LogP contribution in [-0.4, -0.2) is 29.0 Å². The van der Waals surface area contributed by atoms with E-state index in [1.54, 1.807) is 0 Å². The third-order valence-electron chi connectivity index (χ3n) is 3.75. The quantitative estimate of drug-likeness (QED) is 0.750. The summed E-state index contributed by atoms with van der Waals surface area (Å²) in [6.07, 6.45) is 6.25. The molecule has 0 radical (unpaired) electrons. The van der Waals surface area contributed by atoms with Gasteiger partial charge in [0.05, 0.1) is 4.99 Å². The Morgan fingerprint density at radius 2 is 1.93 bits per heavy atom. The van der Waals surface area contributed by atoms with Crippen LogP contribution in [0, 0.1) is 5.92 Å². The smallest absolute Gasteiger partial charge is 0.0742 e. The van der Waals surface area contributed by atoms with Crippen LogP contribution in [0.5, 0.6) is 0 Å². The van der Waals surface area contributed by atoms with Crippen molar-refractivity contribution in [2.45, 2.75) is 58.0 Å². The lowest BCUT2D eigenvalue weighted by Gasteiger charge is -2.37. The Kier molecular flexibility index (Phi) is 5.00. The van der Waals surface area contributed by atoms with Crippen molar-refractivity contribution in [2.24, 2.45) is 11.7 Å². The van der Waals surface area contributed by atoms with Crippen molar-refractivity contribution in [3.05, 3.63) is 0 Å². The monoisotopic (exact) mass is 228 g/mol. The number of thiocarbonyl (C=S) groups is 1. The summed E-state index contributed by atoms with van der Waals surface area (Å²) in [4.78, 5) is 3.10. The molecule has 0 amide bonds. The zero-order valence-corrected chi connectivity index (χ0v) is 11.0. The first-order chi connectivity index (χ1) is 7.00. The Bertz CT molecular complexity index is 210. The molecule has 15 heavy (non-hydrogen) atoms. The summed E-state index contributed by atoms with van der Waals surface area (Å²) >= 11 is 4.96. The van der Waals surface area contributed by atoms with E-state index in [2.05, 4.69) is 25.8 Å². The summed E-state index contributed by atoms with van der Waals surface area (Å²) in [5.41, 5.74) is 5.59. The Labute approximate surface area is 99.2 Å². The Hall–Kier alpha value is -0.150. The zero-order chi connectivity index (χ0) is 11.4.